The number of nitrogens with zero attached hydrogens (tertiary/aromatic N) is 6. The normalized spacial score (nSPS) is 18.5. The zero-order valence-electron chi connectivity index (χ0n) is 21.4. The number of aromatic nitrogens is 2. The number of nitrogens with one attached hydrogen (secondary N) is 1. The number of rotatable bonds is 0. The first kappa shape index (κ1) is 37.4. The quantitative estimate of drug-likeness (QED) is 0.182. The van der Waals surface area contributed by atoms with Crippen LogP contribution in [0.2, 0.25) is 0 Å². The minimum atomic E-state index is -6.09. The Morgan fingerprint density at radius 3 is 1.93 bits per heavy atom. The molecule has 0 unspecified atom stereocenters. The summed E-state index contributed by atoms with van der Waals surface area (Å²) >= 11 is 0. The summed E-state index contributed by atoms with van der Waals surface area (Å²) in [5.74, 6) is 0.772. The van der Waals surface area contributed by atoms with E-state index >= 15 is 0 Å². The Kier molecular flexibility index (Phi) is 13.5. The molecule has 2 aliphatic rings. The predicted octanol–water partition coefficient (Wildman–Crippen LogP) is 1.38. The molecule has 1 fully saturated rings. The average molecular weight is 699 g/mol. The Bertz CT molecular complexity index is 1420. The third-order valence-corrected chi connectivity index (χ3v) is 6.07. The first-order valence-corrected chi connectivity index (χ1v) is 13.8. The van der Waals surface area contributed by atoms with Gasteiger partial charge in [0.1, 0.15) is 12.0 Å². The van der Waals surface area contributed by atoms with E-state index in [0.29, 0.717) is 0 Å². The van der Waals surface area contributed by atoms with E-state index in [4.69, 9.17) is 30.9 Å². The summed E-state index contributed by atoms with van der Waals surface area (Å²) in [5.41, 5.74) is -8.61. The molecule has 42 heavy (non-hydrogen) atoms. The molecule has 2 aromatic rings. The van der Waals surface area contributed by atoms with Gasteiger partial charge in [-0.1, -0.05) is 12.1 Å². The second-order valence-corrected chi connectivity index (χ2v) is 10.6. The third kappa shape index (κ3) is 11.6. The molecule has 4 rings (SSSR count). The minimum Gasteiger partial charge on any atom is -0.741 e. The maximum atomic E-state index is 10.7. The molecule has 1 atom stereocenters. The summed E-state index contributed by atoms with van der Waals surface area (Å²) in [6.45, 7) is 3.57. The van der Waals surface area contributed by atoms with Gasteiger partial charge in [-0.2, -0.15) is 31.4 Å². The van der Waals surface area contributed by atoms with E-state index in [-0.39, 0.29) is 25.6 Å². The van der Waals surface area contributed by atoms with Crippen LogP contribution in [0.4, 0.5) is 32.2 Å². The molecular formula is C20H21F6N7O6S2Zn. The fraction of sp³-hybridized carbons (Fsp3) is 0.400. The van der Waals surface area contributed by atoms with Gasteiger partial charge in [0.05, 0.1) is 29.8 Å². The summed E-state index contributed by atoms with van der Waals surface area (Å²) in [5, 5.41) is 9.73. The topological polar surface area (TPSA) is 183 Å². The number of alkyl halides is 6. The summed E-state index contributed by atoms with van der Waals surface area (Å²) < 4.78 is 118. The fourth-order valence-corrected chi connectivity index (χ4v) is 3.07. The van der Waals surface area contributed by atoms with Crippen molar-refractivity contribution in [1.29, 1.82) is 0 Å². The van der Waals surface area contributed by atoms with Crippen molar-refractivity contribution in [3.8, 4) is 0 Å². The van der Waals surface area contributed by atoms with Crippen molar-refractivity contribution in [3.05, 3.63) is 53.5 Å². The molecule has 2 aromatic heterocycles. The van der Waals surface area contributed by atoms with Crippen molar-refractivity contribution >= 4 is 38.5 Å². The molecule has 13 nitrogen and oxygen atoms in total. The van der Waals surface area contributed by atoms with Gasteiger partial charge < -0.3 is 9.11 Å². The molecule has 0 saturated carbocycles. The summed E-state index contributed by atoms with van der Waals surface area (Å²) in [6, 6.07) is 11.9. The maximum Gasteiger partial charge on any atom is 2.00 e. The molecule has 228 valence electrons. The van der Waals surface area contributed by atoms with Crippen molar-refractivity contribution in [2.75, 3.05) is 38.2 Å². The zero-order chi connectivity index (χ0) is 31.1. The van der Waals surface area contributed by atoms with Gasteiger partial charge in [-0.3, -0.25) is 20.2 Å². The van der Waals surface area contributed by atoms with Crippen LogP contribution in [0, 0.1) is 0 Å². The summed E-state index contributed by atoms with van der Waals surface area (Å²) in [7, 11) is -10.3. The van der Waals surface area contributed by atoms with Crippen molar-refractivity contribution in [1.82, 2.24) is 20.2 Å². The molecule has 4 bridgehead atoms. The Labute approximate surface area is 249 Å². The molecular weight excluding hydrogens is 678 g/mol. The molecule has 0 aromatic carbocycles. The molecule has 1 saturated heterocycles. The number of hydrogen-bond donors (Lipinski definition) is 1. The van der Waals surface area contributed by atoms with E-state index in [9.17, 15) is 26.3 Å². The molecule has 0 aliphatic carbocycles. The third-order valence-electron chi connectivity index (χ3n) is 4.93. The maximum absolute atomic E-state index is 10.7. The second kappa shape index (κ2) is 15.2. The molecule has 2 aliphatic heterocycles. The summed E-state index contributed by atoms with van der Waals surface area (Å²) in [6.07, 6.45) is 3.73. The first-order valence-electron chi connectivity index (χ1n) is 11.0. The van der Waals surface area contributed by atoms with Crippen LogP contribution in [0.3, 0.4) is 0 Å². The van der Waals surface area contributed by atoms with Crippen LogP contribution in [0.25, 0.3) is 0 Å². The van der Waals surface area contributed by atoms with Gasteiger partial charge in [-0.05, 0) is 24.3 Å². The van der Waals surface area contributed by atoms with Gasteiger partial charge in [-0.15, -0.1) is 0 Å². The van der Waals surface area contributed by atoms with E-state index in [1.54, 1.807) is 11.2 Å². The Hall–Kier alpha value is -2.62. The van der Waals surface area contributed by atoms with Crippen molar-refractivity contribution in [2.24, 2.45) is 10.1 Å². The van der Waals surface area contributed by atoms with E-state index in [0.717, 1.165) is 49.1 Å². The SMILES string of the molecule is CN1/N=C/c2cccc(n2)[C@H]2NCCN2CCN=Cc2cccc1n2.O=S(=O)([O-])C(F)(F)F.O=S(=O)([O-])C(F)(F)F.[Zn+2]. The summed E-state index contributed by atoms with van der Waals surface area (Å²) in [4.78, 5) is 16.2. The molecule has 0 radical (unpaired) electrons. The number of hydrazone groups is 1. The van der Waals surface area contributed by atoms with Crippen molar-refractivity contribution < 1.29 is 71.8 Å². The Balaban J connectivity index is 0.000000432. The second-order valence-electron chi connectivity index (χ2n) is 7.90. The van der Waals surface area contributed by atoms with Gasteiger partial charge in [0.25, 0.3) is 0 Å². The van der Waals surface area contributed by atoms with Crippen LogP contribution in [0.1, 0.15) is 23.2 Å². The van der Waals surface area contributed by atoms with E-state index in [2.05, 4.69) is 31.4 Å². The van der Waals surface area contributed by atoms with Crippen LogP contribution in [0.15, 0.2) is 46.5 Å². The average Bonchev–Trinajstić information content (AvgIpc) is 3.32. The fourth-order valence-electron chi connectivity index (χ4n) is 3.07. The number of aliphatic imine (C=N–C) groups is 1. The number of hydrogen-bond acceptors (Lipinski definition) is 13. The van der Waals surface area contributed by atoms with Crippen LogP contribution >= 0.6 is 0 Å². The standard InChI is InChI=1S/C18H21N7.2CHF3O3S.Zn/c1-24-17-7-3-5-14(23-17)12-19-8-10-25-11-9-20-18(25)16-6-2-4-15(22-16)13-21-24;2*2-1(3,4)8(5,6)7;/h2-7,12-13,18,20H,8-11H2,1H3;2*(H,5,6,7);/q;;;+2/p-2/b19-12?,21-13+;;;/t18-;;;/m0.../s1. The smallest absolute Gasteiger partial charge is 0.741 e. The largest absolute Gasteiger partial charge is 2.00 e. The number of halogens is 6. The number of pyridine rings is 2. The zero-order valence-corrected chi connectivity index (χ0v) is 26.0. The van der Waals surface area contributed by atoms with Crippen LogP contribution in [0.5, 0.6) is 0 Å². The van der Waals surface area contributed by atoms with Crippen LogP contribution in [-0.4, -0.2) is 97.5 Å². The van der Waals surface area contributed by atoms with Gasteiger partial charge in [0.15, 0.2) is 20.2 Å². The minimum absolute atomic E-state index is 0. The van der Waals surface area contributed by atoms with E-state index in [1.807, 2.05) is 43.6 Å². The molecule has 1 N–H and O–H groups in total. The van der Waals surface area contributed by atoms with Gasteiger partial charge in [-0.25, -0.2) is 26.8 Å². The molecule has 0 amide bonds. The van der Waals surface area contributed by atoms with Crippen LogP contribution < -0.4 is 10.3 Å². The number of anilines is 1. The van der Waals surface area contributed by atoms with Crippen LogP contribution in [-0.2, 0) is 39.7 Å². The number of fused-ring (bicyclic) bond motifs is 6. The molecule has 0 spiro atoms. The van der Waals surface area contributed by atoms with Gasteiger partial charge in [0.2, 0.25) is 0 Å². The first-order chi connectivity index (χ1) is 18.8. The van der Waals surface area contributed by atoms with Gasteiger partial charge in [0, 0.05) is 32.9 Å². The molecule has 22 heteroatoms. The van der Waals surface area contributed by atoms with E-state index in [1.165, 1.54) is 0 Å². The Morgan fingerprint density at radius 2 is 1.38 bits per heavy atom. The van der Waals surface area contributed by atoms with E-state index < -0.39 is 31.3 Å². The van der Waals surface area contributed by atoms with Crippen molar-refractivity contribution in [3.63, 3.8) is 0 Å². The Morgan fingerprint density at radius 1 is 0.857 bits per heavy atom. The monoisotopic (exact) mass is 697 g/mol. The van der Waals surface area contributed by atoms with Gasteiger partial charge >= 0.3 is 30.5 Å². The molecule has 4 heterocycles. The van der Waals surface area contributed by atoms with Crippen molar-refractivity contribution in [2.45, 2.75) is 17.2 Å². The predicted molar refractivity (Wildman–Crippen MR) is 131 cm³/mol.